The maximum absolute atomic E-state index is 15.2. The summed E-state index contributed by atoms with van der Waals surface area (Å²) < 4.78 is 58.1. The first-order chi connectivity index (χ1) is 38.3. The Kier molecular flexibility index (Phi) is 18.0. The van der Waals surface area contributed by atoms with Gasteiger partial charge < -0.3 is 104 Å². The van der Waals surface area contributed by atoms with Gasteiger partial charge in [-0.15, -0.1) is 0 Å². The molecule has 4 heterocycles. The van der Waals surface area contributed by atoms with Gasteiger partial charge in [-0.25, -0.2) is 0 Å². The molecule has 0 amide bonds. The third-order valence-corrected chi connectivity index (χ3v) is 21.8. The van der Waals surface area contributed by atoms with Crippen LogP contribution in [0.15, 0.2) is 11.6 Å². The van der Waals surface area contributed by atoms with E-state index in [1.807, 2.05) is 0 Å². The highest BCUT2D eigenvalue weighted by Gasteiger charge is 2.71. The number of aliphatic carboxylic acids is 1. The smallest absolute Gasteiger partial charge is 0.315 e. The van der Waals surface area contributed by atoms with Crippen LogP contribution >= 0.6 is 0 Å². The van der Waals surface area contributed by atoms with Gasteiger partial charge >= 0.3 is 23.9 Å². The Bertz CT molecular complexity index is 2390. The number of carboxylic acids is 1. The van der Waals surface area contributed by atoms with Crippen LogP contribution in [0.25, 0.3) is 0 Å². The molecular formula is C57H88O25. The number of fused-ring (bicyclic) bond motifs is 7. The number of hydrogen-bond donors (Lipinski definition) is 11. The minimum Gasteiger partial charge on any atom is -0.481 e. The van der Waals surface area contributed by atoms with Gasteiger partial charge in [0, 0.05) is 13.8 Å². The predicted octanol–water partition coefficient (Wildman–Crippen LogP) is -0.162. The molecule has 0 bridgehead atoms. The molecule has 25 heteroatoms. The maximum Gasteiger partial charge on any atom is 0.315 e. The zero-order valence-corrected chi connectivity index (χ0v) is 48.2. The molecule has 0 aromatic carbocycles. The molecule has 8 fully saturated rings. The molecule has 9 aliphatic rings. The topological polar surface area (TPSA) is 383 Å². The summed E-state index contributed by atoms with van der Waals surface area (Å²) in [6.45, 7) is 15.2. The zero-order chi connectivity index (χ0) is 60.1. The summed E-state index contributed by atoms with van der Waals surface area (Å²) in [6, 6.07) is 0. The number of carbonyl (C=O) groups is 4. The Morgan fingerprint density at radius 3 is 1.91 bits per heavy atom. The van der Waals surface area contributed by atoms with Crippen LogP contribution in [0.5, 0.6) is 0 Å². The molecular weight excluding hydrogens is 1080 g/mol. The van der Waals surface area contributed by atoms with Gasteiger partial charge in [-0.05, 0) is 117 Å². The van der Waals surface area contributed by atoms with Gasteiger partial charge in [-0.2, -0.15) is 0 Å². The van der Waals surface area contributed by atoms with Gasteiger partial charge in [0.15, 0.2) is 31.1 Å². The molecule has 466 valence electrons. The lowest BCUT2D eigenvalue weighted by molar-refractivity contribution is -0.362. The number of ether oxygens (including phenoxy) is 10. The minimum absolute atomic E-state index is 0.112. The first-order valence-corrected chi connectivity index (χ1v) is 29.0. The molecule has 28 atom stereocenters. The van der Waals surface area contributed by atoms with Gasteiger partial charge in [0.25, 0.3) is 0 Å². The Hall–Kier alpha value is -3.06. The first-order valence-electron chi connectivity index (χ1n) is 29.0. The summed E-state index contributed by atoms with van der Waals surface area (Å²) in [5, 5.41) is 120. The Morgan fingerprint density at radius 1 is 0.622 bits per heavy atom. The van der Waals surface area contributed by atoms with Crippen LogP contribution in [-0.2, 0) is 66.5 Å². The molecule has 9 rings (SSSR count). The lowest BCUT2D eigenvalue weighted by atomic mass is 9.33. The molecule has 0 radical (unpaired) electrons. The maximum atomic E-state index is 15.2. The van der Waals surface area contributed by atoms with Crippen molar-refractivity contribution in [2.75, 3.05) is 19.8 Å². The molecule has 0 spiro atoms. The van der Waals surface area contributed by atoms with Crippen LogP contribution in [0, 0.1) is 50.2 Å². The van der Waals surface area contributed by atoms with Crippen molar-refractivity contribution in [2.45, 2.75) is 249 Å². The fraction of sp³-hybridized carbons (Fsp3) is 0.895. The zero-order valence-electron chi connectivity index (χ0n) is 48.2. The van der Waals surface area contributed by atoms with Gasteiger partial charge in [-0.1, -0.05) is 46.3 Å². The van der Waals surface area contributed by atoms with Crippen LogP contribution in [0.2, 0.25) is 0 Å². The quantitative estimate of drug-likeness (QED) is 0.0494. The van der Waals surface area contributed by atoms with Crippen molar-refractivity contribution >= 4 is 23.9 Å². The van der Waals surface area contributed by atoms with Gasteiger partial charge in [0.2, 0.25) is 6.29 Å². The number of carbonyl (C=O) groups excluding carboxylic acids is 3. The molecule has 4 aliphatic heterocycles. The molecule has 0 aromatic heterocycles. The number of esters is 3. The summed E-state index contributed by atoms with van der Waals surface area (Å²) in [5.41, 5.74) is -3.05. The van der Waals surface area contributed by atoms with E-state index in [1.165, 1.54) is 20.8 Å². The normalized spacial score (nSPS) is 50.9. The van der Waals surface area contributed by atoms with Crippen LogP contribution in [-0.4, -0.2) is 223 Å². The third kappa shape index (κ3) is 10.7. The average molecular weight is 1170 g/mol. The second-order valence-corrected chi connectivity index (χ2v) is 26.7. The average Bonchev–Trinajstić information content (AvgIpc) is 1.11. The number of rotatable bonds is 13. The number of carboxylic acid groups (broad SMARTS) is 1. The van der Waals surface area contributed by atoms with E-state index < -0.39 is 181 Å². The third-order valence-electron chi connectivity index (χ3n) is 21.8. The van der Waals surface area contributed by atoms with Gasteiger partial charge in [-0.3, -0.25) is 19.2 Å². The summed E-state index contributed by atoms with van der Waals surface area (Å²) in [7, 11) is 0. The van der Waals surface area contributed by atoms with Gasteiger partial charge in [0.1, 0.15) is 73.2 Å². The van der Waals surface area contributed by atoms with Crippen LogP contribution in [0.4, 0.5) is 0 Å². The Balaban J connectivity index is 0.908. The van der Waals surface area contributed by atoms with Gasteiger partial charge in [0.05, 0.1) is 42.9 Å². The lowest BCUT2D eigenvalue weighted by Crippen LogP contribution is -2.66. The second kappa shape index (κ2) is 23.2. The molecule has 11 N–H and O–H groups in total. The summed E-state index contributed by atoms with van der Waals surface area (Å²) in [6.07, 6.45) is -23.7. The first kappa shape index (κ1) is 63.4. The number of allylic oxidation sites excluding steroid dienone is 2. The Labute approximate surface area is 476 Å². The minimum atomic E-state index is -2.02. The van der Waals surface area contributed by atoms with E-state index >= 15 is 4.79 Å². The highest BCUT2D eigenvalue weighted by Crippen LogP contribution is 2.76. The molecule has 0 unspecified atom stereocenters. The number of hydrogen-bond acceptors (Lipinski definition) is 24. The largest absolute Gasteiger partial charge is 0.481 e. The molecule has 25 nitrogen and oxygen atoms in total. The van der Waals surface area contributed by atoms with Crippen molar-refractivity contribution in [1.29, 1.82) is 0 Å². The van der Waals surface area contributed by atoms with E-state index in [9.17, 15) is 70.6 Å². The highest BCUT2D eigenvalue weighted by molar-refractivity contribution is 5.81. The van der Waals surface area contributed by atoms with E-state index in [0.29, 0.717) is 25.7 Å². The monoisotopic (exact) mass is 1170 g/mol. The van der Waals surface area contributed by atoms with E-state index in [1.54, 1.807) is 6.92 Å². The fourth-order valence-electron chi connectivity index (χ4n) is 16.8. The van der Waals surface area contributed by atoms with Crippen molar-refractivity contribution in [3.05, 3.63) is 11.6 Å². The standard InChI is InChI=1S/C57H88O25/c1-24-35(61)37(63)40(66)46(75-24)73-22-30-36(62)38(64)41(67)48(79-30)81-44-29(21-58)78-49(42(68)39(44)65)82-51(72)57-18-16-53(6,50(70)71)20-28(57)27-10-11-33-54(7)14-13-34(52(4,5)32(54)12-15-56(33,9)55(27,8)17-19-57)80-47-43(69)45(77-26(3)60)31(23-74-47)76-25(2)59/h10,24,28-49,58,61-69H,11-23H2,1-9H3,(H,70,71)/t24-,28-,29+,30+,31-,32-,33+,34-,35-,36+,37+,38-,39+,40+,41+,42+,43+,44+,45-,46+,47-,48-,49-,53+,54-,55+,56+,57-/m0/s1. The molecule has 4 saturated carbocycles. The summed E-state index contributed by atoms with van der Waals surface area (Å²) in [5.74, 6) is -3.40. The van der Waals surface area contributed by atoms with Crippen LogP contribution in [0.3, 0.4) is 0 Å². The van der Waals surface area contributed by atoms with Crippen molar-refractivity contribution in [3.63, 3.8) is 0 Å². The van der Waals surface area contributed by atoms with E-state index in [0.717, 1.165) is 24.8 Å². The molecule has 5 aliphatic carbocycles. The van der Waals surface area contributed by atoms with Crippen molar-refractivity contribution in [2.24, 2.45) is 50.2 Å². The fourth-order valence-corrected chi connectivity index (χ4v) is 16.8. The number of aliphatic hydroxyl groups excluding tert-OH is 10. The SMILES string of the molecule is CC(=O)O[C@@H]1[C@@H](O)[C@H](O[C@H]2CC[C@]3(C)[C@H]4CC=C5[C@@H]6C[C@](C)(C(=O)O)CC[C@]6(C(=O)O[C@@H]6O[C@H](CO)[C@@H](O[C@@H]7O[C@H](CO[C@@H]8O[C@@H](C)[C@H](O)[C@@H](O)[C@H]8O)[C@@H](O)[C@H](O)[C@H]7O)[C@H](O)[C@H]6O)CC[C@@]5(C)[C@]4(C)CC[C@H]3C2(C)C)OC[C@@H]1OC(C)=O. The summed E-state index contributed by atoms with van der Waals surface area (Å²) in [4.78, 5) is 52.3. The molecule has 82 heavy (non-hydrogen) atoms. The van der Waals surface area contributed by atoms with Crippen molar-refractivity contribution in [1.82, 2.24) is 0 Å². The Morgan fingerprint density at radius 2 is 1.26 bits per heavy atom. The van der Waals surface area contributed by atoms with E-state index in [2.05, 4.69) is 40.7 Å². The lowest BCUT2D eigenvalue weighted by Gasteiger charge is -2.71. The van der Waals surface area contributed by atoms with Crippen molar-refractivity contribution in [3.8, 4) is 0 Å². The summed E-state index contributed by atoms with van der Waals surface area (Å²) >= 11 is 0. The van der Waals surface area contributed by atoms with E-state index in [4.69, 9.17) is 47.4 Å². The van der Waals surface area contributed by atoms with Crippen LogP contribution < -0.4 is 0 Å². The molecule has 4 saturated heterocycles. The highest BCUT2D eigenvalue weighted by atomic mass is 16.8. The second-order valence-electron chi connectivity index (χ2n) is 26.7. The van der Waals surface area contributed by atoms with Crippen LogP contribution in [0.1, 0.15) is 127 Å². The predicted molar refractivity (Wildman–Crippen MR) is 276 cm³/mol. The van der Waals surface area contributed by atoms with Crippen molar-refractivity contribution < 1.29 is 123 Å². The van der Waals surface area contributed by atoms with E-state index in [-0.39, 0.29) is 54.6 Å². The number of aliphatic hydroxyl groups is 10. The molecule has 0 aromatic rings.